The Hall–Kier alpha value is -1.94. The van der Waals surface area contributed by atoms with Crippen molar-refractivity contribution in [3.63, 3.8) is 0 Å². The molecular formula is C17H21N3O. The van der Waals surface area contributed by atoms with Crippen LogP contribution in [0.4, 0.5) is 0 Å². The number of benzene rings is 1. The fraction of sp³-hybridized carbons (Fsp3) is 0.412. The molecule has 0 N–H and O–H groups in total. The summed E-state index contributed by atoms with van der Waals surface area (Å²) in [5.74, 6) is 2.15. The first-order chi connectivity index (χ1) is 10.2. The van der Waals surface area contributed by atoms with E-state index in [9.17, 15) is 0 Å². The summed E-state index contributed by atoms with van der Waals surface area (Å²) in [4.78, 5) is 6.66. The van der Waals surface area contributed by atoms with Gasteiger partial charge in [0.05, 0.1) is 6.54 Å². The lowest BCUT2D eigenvalue weighted by Gasteiger charge is -2.14. The Bertz CT molecular complexity index is 614. The fourth-order valence-corrected chi connectivity index (χ4v) is 2.43. The molecule has 1 aromatic heterocycles. The van der Waals surface area contributed by atoms with Crippen molar-refractivity contribution >= 4 is 6.08 Å². The lowest BCUT2D eigenvalue weighted by Crippen LogP contribution is -2.20. The van der Waals surface area contributed by atoms with E-state index < -0.39 is 0 Å². The molecule has 21 heavy (non-hydrogen) atoms. The molecular weight excluding hydrogens is 262 g/mol. The van der Waals surface area contributed by atoms with Gasteiger partial charge in [0.15, 0.2) is 5.82 Å². The fourth-order valence-electron chi connectivity index (χ4n) is 2.43. The number of likely N-dealkylation sites (N-methyl/N-ethyl adjacent to an activating group) is 1. The Morgan fingerprint density at radius 2 is 2.10 bits per heavy atom. The van der Waals surface area contributed by atoms with Crippen molar-refractivity contribution in [3.05, 3.63) is 53.2 Å². The van der Waals surface area contributed by atoms with E-state index in [0.29, 0.717) is 18.4 Å². The molecule has 4 heteroatoms. The summed E-state index contributed by atoms with van der Waals surface area (Å²) in [6, 6.07) is 10.4. The standard InChI is InChI=1S/C17H21N3O/c1-13(10-14-6-4-3-5-7-14)11-20(2)12-16-18-17(19-21-16)15-8-9-15/h3-7,10,15H,8-9,11-12H2,1-2H3/b13-10+. The van der Waals surface area contributed by atoms with Crippen LogP contribution in [0.3, 0.4) is 0 Å². The Kier molecular flexibility index (Phi) is 4.15. The molecule has 2 aromatic rings. The van der Waals surface area contributed by atoms with Crippen molar-refractivity contribution in [2.45, 2.75) is 32.2 Å². The predicted octanol–water partition coefficient (Wildman–Crippen LogP) is 3.48. The number of nitrogens with zero attached hydrogens (tertiary/aromatic N) is 3. The van der Waals surface area contributed by atoms with Crippen LogP contribution >= 0.6 is 0 Å². The first-order valence-corrected chi connectivity index (χ1v) is 7.44. The second kappa shape index (κ2) is 6.22. The van der Waals surface area contributed by atoms with Crippen molar-refractivity contribution in [1.82, 2.24) is 15.0 Å². The van der Waals surface area contributed by atoms with Gasteiger partial charge in [-0.05, 0) is 32.4 Å². The van der Waals surface area contributed by atoms with Gasteiger partial charge in [0.25, 0.3) is 0 Å². The minimum atomic E-state index is 0.549. The third-order valence-electron chi connectivity index (χ3n) is 3.56. The summed E-state index contributed by atoms with van der Waals surface area (Å²) in [6.45, 7) is 3.72. The van der Waals surface area contributed by atoms with Gasteiger partial charge < -0.3 is 4.52 Å². The third kappa shape index (κ3) is 4.02. The van der Waals surface area contributed by atoms with E-state index in [4.69, 9.17) is 4.52 Å². The van der Waals surface area contributed by atoms with Gasteiger partial charge in [0.2, 0.25) is 5.89 Å². The van der Waals surface area contributed by atoms with Gasteiger partial charge in [0.1, 0.15) is 0 Å². The van der Waals surface area contributed by atoms with Crippen molar-refractivity contribution in [1.29, 1.82) is 0 Å². The monoisotopic (exact) mass is 283 g/mol. The molecule has 1 heterocycles. The highest BCUT2D eigenvalue weighted by Crippen LogP contribution is 2.38. The van der Waals surface area contributed by atoms with Crippen LogP contribution in [-0.4, -0.2) is 28.6 Å². The van der Waals surface area contributed by atoms with Crippen LogP contribution < -0.4 is 0 Å². The summed E-state index contributed by atoms with van der Waals surface area (Å²) in [5, 5.41) is 4.05. The molecule has 1 aliphatic rings. The molecule has 3 rings (SSSR count). The van der Waals surface area contributed by atoms with Crippen LogP contribution in [0.5, 0.6) is 0 Å². The smallest absolute Gasteiger partial charge is 0.240 e. The molecule has 0 aliphatic heterocycles. The summed E-state index contributed by atoms with van der Waals surface area (Å²) in [7, 11) is 2.07. The topological polar surface area (TPSA) is 42.2 Å². The molecule has 0 bridgehead atoms. The highest BCUT2D eigenvalue weighted by Gasteiger charge is 2.28. The molecule has 1 aromatic carbocycles. The average Bonchev–Trinajstić information content (AvgIpc) is 3.20. The van der Waals surface area contributed by atoms with E-state index in [1.54, 1.807) is 0 Å². The summed E-state index contributed by atoms with van der Waals surface area (Å²) in [5.41, 5.74) is 2.54. The van der Waals surface area contributed by atoms with E-state index in [1.165, 1.54) is 24.0 Å². The number of rotatable bonds is 6. The molecule has 4 nitrogen and oxygen atoms in total. The second-order valence-corrected chi connectivity index (χ2v) is 5.89. The molecule has 0 radical (unpaired) electrons. The maximum Gasteiger partial charge on any atom is 0.240 e. The van der Waals surface area contributed by atoms with Gasteiger partial charge in [0, 0.05) is 12.5 Å². The highest BCUT2D eigenvalue weighted by molar-refractivity contribution is 5.52. The zero-order chi connectivity index (χ0) is 14.7. The lowest BCUT2D eigenvalue weighted by molar-refractivity contribution is 0.281. The third-order valence-corrected chi connectivity index (χ3v) is 3.56. The van der Waals surface area contributed by atoms with Crippen LogP contribution in [0.25, 0.3) is 6.08 Å². The van der Waals surface area contributed by atoms with Crippen molar-refractivity contribution in [2.24, 2.45) is 0 Å². The first kappa shape index (κ1) is 14.0. The molecule has 1 fully saturated rings. The zero-order valence-corrected chi connectivity index (χ0v) is 12.6. The normalized spacial score (nSPS) is 15.7. The zero-order valence-electron chi connectivity index (χ0n) is 12.6. The van der Waals surface area contributed by atoms with Crippen molar-refractivity contribution in [2.75, 3.05) is 13.6 Å². The molecule has 0 spiro atoms. The summed E-state index contributed by atoms with van der Waals surface area (Å²) in [6.07, 6.45) is 4.61. The SMILES string of the molecule is C/C(=C\c1ccccc1)CN(C)Cc1nc(C2CC2)no1. The minimum absolute atomic E-state index is 0.549. The molecule has 110 valence electrons. The van der Waals surface area contributed by atoms with Crippen molar-refractivity contribution in [3.8, 4) is 0 Å². The predicted molar refractivity (Wildman–Crippen MR) is 82.7 cm³/mol. The molecule has 1 aliphatic carbocycles. The van der Waals surface area contributed by atoms with Crippen molar-refractivity contribution < 1.29 is 4.52 Å². The van der Waals surface area contributed by atoms with Crippen LogP contribution in [-0.2, 0) is 6.54 Å². The lowest BCUT2D eigenvalue weighted by atomic mass is 10.1. The number of hydrogen-bond acceptors (Lipinski definition) is 4. The quantitative estimate of drug-likeness (QED) is 0.814. The second-order valence-electron chi connectivity index (χ2n) is 5.89. The van der Waals surface area contributed by atoms with E-state index in [-0.39, 0.29) is 0 Å². The van der Waals surface area contributed by atoms with Gasteiger partial charge in [-0.1, -0.05) is 47.1 Å². The van der Waals surface area contributed by atoms with Gasteiger partial charge >= 0.3 is 0 Å². The maximum absolute atomic E-state index is 5.31. The largest absolute Gasteiger partial charge is 0.338 e. The Balaban J connectivity index is 1.55. The Labute approximate surface area is 125 Å². The number of hydrogen-bond donors (Lipinski definition) is 0. The van der Waals surface area contributed by atoms with Crippen LogP contribution in [0.1, 0.15) is 43.0 Å². The summed E-state index contributed by atoms with van der Waals surface area (Å²) >= 11 is 0. The molecule has 0 amide bonds. The van der Waals surface area contributed by atoms with E-state index in [1.807, 2.05) is 6.07 Å². The Morgan fingerprint density at radius 3 is 2.81 bits per heavy atom. The minimum Gasteiger partial charge on any atom is -0.338 e. The van der Waals surface area contributed by atoms with E-state index >= 15 is 0 Å². The van der Waals surface area contributed by atoms with Gasteiger partial charge in [-0.25, -0.2) is 0 Å². The molecule has 0 unspecified atom stereocenters. The summed E-state index contributed by atoms with van der Waals surface area (Å²) < 4.78 is 5.31. The Morgan fingerprint density at radius 1 is 1.33 bits per heavy atom. The van der Waals surface area contributed by atoms with Gasteiger partial charge in [-0.15, -0.1) is 0 Å². The number of aromatic nitrogens is 2. The van der Waals surface area contributed by atoms with E-state index in [0.717, 1.165) is 12.4 Å². The molecule has 0 saturated heterocycles. The first-order valence-electron chi connectivity index (χ1n) is 7.44. The molecule has 1 saturated carbocycles. The van der Waals surface area contributed by atoms with Gasteiger partial charge in [-0.3, -0.25) is 4.90 Å². The highest BCUT2D eigenvalue weighted by atomic mass is 16.5. The van der Waals surface area contributed by atoms with E-state index in [2.05, 4.69) is 59.4 Å². The molecule has 0 atom stereocenters. The van der Waals surface area contributed by atoms with Gasteiger partial charge in [-0.2, -0.15) is 4.98 Å². The van der Waals surface area contributed by atoms with Crippen LogP contribution in [0.15, 0.2) is 40.4 Å². The maximum atomic E-state index is 5.31. The van der Waals surface area contributed by atoms with Crippen LogP contribution in [0.2, 0.25) is 0 Å². The average molecular weight is 283 g/mol. The van der Waals surface area contributed by atoms with Crippen LogP contribution in [0, 0.1) is 0 Å².